The highest BCUT2D eigenvalue weighted by atomic mass is 32.1. The van der Waals surface area contributed by atoms with Crippen LogP contribution >= 0.6 is 11.3 Å². The zero-order chi connectivity index (χ0) is 19.0. The number of carbonyl (C=O) groups excluding carboxylic acids is 1. The maximum Gasteiger partial charge on any atom is 0.311 e. The van der Waals surface area contributed by atoms with Crippen LogP contribution in [-0.2, 0) is 4.79 Å². The van der Waals surface area contributed by atoms with Crippen molar-refractivity contribution >= 4 is 34.0 Å². The van der Waals surface area contributed by atoms with Crippen LogP contribution in [0.4, 0.5) is 5.69 Å². The number of aromatic nitrogens is 3. The standard InChI is InChI=1S/C15H10N4O6S/c1-7-13(21)16-15-18(17-7)14(22)12(26-15)6-9-3-4-10(19(23)24)11(5-9)25-8(2)20/h3-6H,1-2H3. The van der Waals surface area contributed by atoms with Crippen molar-refractivity contribution in [1.82, 2.24) is 14.6 Å². The number of fused-ring (bicyclic) bond motifs is 1. The molecule has 11 heteroatoms. The monoisotopic (exact) mass is 374 g/mol. The van der Waals surface area contributed by atoms with Gasteiger partial charge in [0.15, 0.2) is 0 Å². The molecular formula is C15H10N4O6S. The number of ether oxygens (including phenoxy) is 1. The molecule has 2 heterocycles. The smallest absolute Gasteiger partial charge is 0.311 e. The topological polar surface area (TPSA) is 134 Å². The highest BCUT2D eigenvalue weighted by molar-refractivity contribution is 7.15. The number of rotatable bonds is 3. The zero-order valence-corrected chi connectivity index (χ0v) is 14.3. The van der Waals surface area contributed by atoms with E-state index in [0.29, 0.717) is 5.56 Å². The second-order valence-corrected chi connectivity index (χ2v) is 6.20. The van der Waals surface area contributed by atoms with Gasteiger partial charge in [0.1, 0.15) is 5.69 Å². The summed E-state index contributed by atoms with van der Waals surface area (Å²) in [4.78, 5) is 49.3. The van der Waals surface area contributed by atoms with Crippen LogP contribution in [0.3, 0.4) is 0 Å². The van der Waals surface area contributed by atoms with Gasteiger partial charge in [-0.1, -0.05) is 11.3 Å². The minimum atomic E-state index is -0.709. The molecule has 132 valence electrons. The highest BCUT2D eigenvalue weighted by Crippen LogP contribution is 2.28. The van der Waals surface area contributed by atoms with Crippen LogP contribution in [0.15, 0.2) is 27.8 Å². The minimum absolute atomic E-state index is 0.0939. The van der Waals surface area contributed by atoms with E-state index >= 15 is 0 Å². The number of aryl methyl sites for hydroxylation is 1. The van der Waals surface area contributed by atoms with Crippen LogP contribution in [0, 0.1) is 17.0 Å². The molecule has 0 atom stereocenters. The summed E-state index contributed by atoms with van der Waals surface area (Å²) in [5.74, 6) is -0.939. The fourth-order valence-electron chi connectivity index (χ4n) is 2.15. The molecule has 10 nitrogen and oxygen atoms in total. The van der Waals surface area contributed by atoms with E-state index in [2.05, 4.69) is 10.1 Å². The molecule has 0 aliphatic rings. The van der Waals surface area contributed by atoms with E-state index in [1.165, 1.54) is 31.2 Å². The Kier molecular flexibility index (Phi) is 4.30. The average molecular weight is 374 g/mol. The zero-order valence-electron chi connectivity index (χ0n) is 13.5. The van der Waals surface area contributed by atoms with Crippen LogP contribution in [0.5, 0.6) is 5.75 Å². The van der Waals surface area contributed by atoms with Crippen molar-refractivity contribution in [3.8, 4) is 5.75 Å². The number of thiazole rings is 1. The Labute approximate surface area is 148 Å². The number of benzene rings is 1. The van der Waals surface area contributed by atoms with Gasteiger partial charge >= 0.3 is 11.7 Å². The second-order valence-electron chi connectivity index (χ2n) is 5.19. The van der Waals surface area contributed by atoms with Gasteiger partial charge in [0.05, 0.1) is 9.46 Å². The van der Waals surface area contributed by atoms with Gasteiger partial charge in [-0.15, -0.1) is 0 Å². The van der Waals surface area contributed by atoms with Crippen molar-refractivity contribution in [2.24, 2.45) is 0 Å². The molecule has 3 rings (SSSR count). The summed E-state index contributed by atoms with van der Waals surface area (Å²) in [6.45, 7) is 2.57. The van der Waals surface area contributed by atoms with Crippen molar-refractivity contribution < 1.29 is 14.5 Å². The van der Waals surface area contributed by atoms with E-state index in [1.807, 2.05) is 0 Å². The average Bonchev–Trinajstić information content (AvgIpc) is 2.83. The largest absolute Gasteiger partial charge is 0.419 e. The van der Waals surface area contributed by atoms with Crippen molar-refractivity contribution in [2.75, 3.05) is 0 Å². The quantitative estimate of drug-likeness (QED) is 0.275. The maximum absolute atomic E-state index is 12.4. The first-order valence-corrected chi connectivity index (χ1v) is 7.97. The summed E-state index contributed by atoms with van der Waals surface area (Å²) in [6.07, 6.45) is 1.44. The number of hydrogen-bond acceptors (Lipinski definition) is 9. The van der Waals surface area contributed by atoms with Crippen molar-refractivity contribution in [3.05, 3.63) is 64.8 Å². The third kappa shape index (κ3) is 3.19. The highest BCUT2D eigenvalue weighted by Gasteiger charge is 2.17. The van der Waals surface area contributed by atoms with Gasteiger partial charge in [0.25, 0.3) is 11.1 Å². The third-order valence-electron chi connectivity index (χ3n) is 3.27. The van der Waals surface area contributed by atoms with Crippen molar-refractivity contribution in [1.29, 1.82) is 0 Å². The lowest BCUT2D eigenvalue weighted by Crippen LogP contribution is -2.27. The van der Waals surface area contributed by atoms with E-state index < -0.39 is 22.0 Å². The Hall–Kier alpha value is -3.47. The maximum atomic E-state index is 12.4. The van der Waals surface area contributed by atoms with Crippen LogP contribution in [0.2, 0.25) is 0 Å². The van der Waals surface area contributed by atoms with E-state index in [9.17, 15) is 24.5 Å². The van der Waals surface area contributed by atoms with Gasteiger partial charge in [-0.05, 0) is 30.7 Å². The molecule has 0 fully saturated rings. The summed E-state index contributed by atoms with van der Waals surface area (Å²) in [5.41, 5.74) is -0.884. The lowest BCUT2D eigenvalue weighted by molar-refractivity contribution is -0.385. The number of nitro groups is 1. The molecule has 0 spiro atoms. The number of hydrogen-bond donors (Lipinski definition) is 0. The molecule has 2 aromatic heterocycles. The van der Waals surface area contributed by atoms with Gasteiger partial charge in [-0.25, -0.2) is 0 Å². The number of carbonyl (C=O) groups is 1. The molecule has 0 radical (unpaired) electrons. The van der Waals surface area contributed by atoms with Gasteiger partial charge in [0, 0.05) is 13.0 Å². The molecule has 0 saturated heterocycles. The first-order chi connectivity index (χ1) is 12.3. The molecule has 0 aliphatic heterocycles. The number of esters is 1. The first-order valence-electron chi connectivity index (χ1n) is 7.15. The van der Waals surface area contributed by atoms with Crippen LogP contribution in [-0.4, -0.2) is 25.5 Å². The predicted octanol–water partition coefficient (Wildman–Crippen LogP) is 0.201. The molecular weight excluding hydrogens is 364 g/mol. The van der Waals surface area contributed by atoms with Crippen LogP contribution in [0.25, 0.3) is 11.0 Å². The van der Waals surface area contributed by atoms with E-state index in [1.54, 1.807) is 0 Å². The molecule has 0 N–H and O–H groups in total. The van der Waals surface area contributed by atoms with Crippen LogP contribution < -0.4 is 20.4 Å². The molecule has 0 unspecified atom stereocenters. The Bertz CT molecular complexity index is 1230. The van der Waals surface area contributed by atoms with Gasteiger partial charge in [-0.3, -0.25) is 24.5 Å². The van der Waals surface area contributed by atoms with Crippen molar-refractivity contribution in [2.45, 2.75) is 13.8 Å². The Morgan fingerprint density at radius 2 is 2.12 bits per heavy atom. The Morgan fingerprint density at radius 1 is 1.38 bits per heavy atom. The SMILES string of the molecule is CC(=O)Oc1cc(C=c2sc3nc(=O)c(C)nn3c2=O)ccc1[N+](=O)[O-]. The number of nitrogens with zero attached hydrogens (tertiary/aromatic N) is 4. The predicted molar refractivity (Wildman–Crippen MR) is 91.3 cm³/mol. The minimum Gasteiger partial charge on any atom is -0.419 e. The molecule has 26 heavy (non-hydrogen) atoms. The van der Waals surface area contributed by atoms with Gasteiger partial charge in [-0.2, -0.15) is 14.6 Å². The summed E-state index contributed by atoms with van der Waals surface area (Å²) in [5, 5.41) is 14.9. The molecule has 1 aromatic carbocycles. The van der Waals surface area contributed by atoms with Gasteiger partial charge in [0.2, 0.25) is 10.7 Å². The van der Waals surface area contributed by atoms with E-state index in [-0.39, 0.29) is 26.6 Å². The Morgan fingerprint density at radius 3 is 2.77 bits per heavy atom. The second kappa shape index (κ2) is 6.44. The fourth-order valence-corrected chi connectivity index (χ4v) is 3.05. The molecule has 0 amide bonds. The Balaban J connectivity index is 2.19. The summed E-state index contributed by atoms with van der Waals surface area (Å²) < 4.78 is 6.10. The summed E-state index contributed by atoms with van der Waals surface area (Å²) in [7, 11) is 0. The number of nitro benzene ring substituents is 1. The third-order valence-corrected chi connectivity index (χ3v) is 4.23. The lowest BCUT2D eigenvalue weighted by Gasteiger charge is -2.03. The molecule has 0 saturated carbocycles. The molecule has 0 bridgehead atoms. The molecule has 0 aliphatic carbocycles. The lowest BCUT2D eigenvalue weighted by atomic mass is 10.2. The van der Waals surface area contributed by atoms with E-state index in [0.717, 1.165) is 22.8 Å². The first kappa shape index (κ1) is 17.4. The van der Waals surface area contributed by atoms with Gasteiger partial charge < -0.3 is 4.74 Å². The normalized spacial score (nSPS) is 11.7. The summed E-state index contributed by atoms with van der Waals surface area (Å²) >= 11 is 0.952. The fraction of sp³-hybridized carbons (Fsp3) is 0.133. The van der Waals surface area contributed by atoms with E-state index in [4.69, 9.17) is 4.74 Å². The summed E-state index contributed by atoms with van der Waals surface area (Å²) in [6, 6.07) is 3.86. The van der Waals surface area contributed by atoms with Crippen molar-refractivity contribution in [3.63, 3.8) is 0 Å². The van der Waals surface area contributed by atoms with Crippen LogP contribution in [0.1, 0.15) is 18.2 Å². The molecule has 3 aromatic rings.